The van der Waals surface area contributed by atoms with Crippen LogP contribution in [0.15, 0.2) is 47.3 Å². The summed E-state index contributed by atoms with van der Waals surface area (Å²) in [6, 6.07) is 12.3. The highest BCUT2D eigenvalue weighted by Gasteiger charge is 2.18. The number of benzene rings is 2. The lowest BCUT2D eigenvalue weighted by atomic mass is 10.1. The number of aromatic amines is 1. The van der Waals surface area contributed by atoms with Crippen molar-refractivity contribution in [3.8, 4) is 0 Å². The van der Waals surface area contributed by atoms with Crippen molar-refractivity contribution in [3.63, 3.8) is 0 Å². The van der Waals surface area contributed by atoms with Crippen molar-refractivity contribution in [2.45, 2.75) is 32.1 Å². The lowest BCUT2D eigenvalue weighted by molar-refractivity contribution is -0.116. The van der Waals surface area contributed by atoms with Crippen LogP contribution in [0.5, 0.6) is 0 Å². The second-order valence-electron chi connectivity index (χ2n) is 7.72. The van der Waals surface area contributed by atoms with Crippen molar-refractivity contribution in [1.29, 1.82) is 0 Å². The Hall–Kier alpha value is -3.68. The maximum Gasteiger partial charge on any atom is 0.258 e. The molecule has 0 spiro atoms. The average molecular weight is 419 g/mol. The molecule has 0 atom stereocenters. The normalized spacial score (nSPS) is 13.5. The third-order valence-electron chi connectivity index (χ3n) is 5.48. The number of carbonyl (C=O) groups is 2. The van der Waals surface area contributed by atoms with Gasteiger partial charge in [0.1, 0.15) is 5.82 Å². The summed E-state index contributed by atoms with van der Waals surface area (Å²) in [4.78, 5) is 45.8. The highest BCUT2D eigenvalue weighted by Crippen LogP contribution is 2.30. The van der Waals surface area contributed by atoms with Crippen LogP contribution in [0.25, 0.3) is 10.9 Å². The van der Waals surface area contributed by atoms with Gasteiger partial charge in [-0.05, 0) is 49.6 Å². The molecule has 1 aliphatic rings. The van der Waals surface area contributed by atoms with Crippen LogP contribution in [0.3, 0.4) is 0 Å². The maximum atomic E-state index is 12.6. The summed E-state index contributed by atoms with van der Waals surface area (Å²) in [6.07, 6.45) is 3.47. The van der Waals surface area contributed by atoms with Gasteiger partial charge in [-0.15, -0.1) is 0 Å². The predicted octanol–water partition coefficient (Wildman–Crippen LogP) is 2.58. The Morgan fingerprint density at radius 1 is 1.13 bits per heavy atom. The number of nitrogens with two attached hydrogens (primary N) is 1. The average Bonchev–Trinajstić information content (AvgIpc) is 3.28. The molecule has 4 rings (SSSR count). The number of nitrogens with one attached hydrogen (secondary N) is 2. The molecule has 8 nitrogen and oxygen atoms in total. The summed E-state index contributed by atoms with van der Waals surface area (Å²) in [7, 11) is 0. The van der Waals surface area contributed by atoms with E-state index in [0.29, 0.717) is 40.8 Å². The molecule has 31 heavy (non-hydrogen) atoms. The van der Waals surface area contributed by atoms with E-state index in [2.05, 4.69) is 20.2 Å². The summed E-state index contributed by atoms with van der Waals surface area (Å²) >= 11 is 0. The van der Waals surface area contributed by atoms with E-state index in [1.54, 1.807) is 30.3 Å². The van der Waals surface area contributed by atoms with Crippen molar-refractivity contribution in [2.24, 2.45) is 5.73 Å². The van der Waals surface area contributed by atoms with Crippen molar-refractivity contribution in [3.05, 3.63) is 64.2 Å². The van der Waals surface area contributed by atoms with Crippen LogP contribution in [-0.4, -0.2) is 34.9 Å². The van der Waals surface area contributed by atoms with Gasteiger partial charge in [-0.1, -0.05) is 12.1 Å². The molecule has 8 heteroatoms. The second-order valence-corrected chi connectivity index (χ2v) is 7.72. The van der Waals surface area contributed by atoms with E-state index in [9.17, 15) is 14.4 Å². The Balaban J connectivity index is 1.42. The van der Waals surface area contributed by atoms with Gasteiger partial charge >= 0.3 is 0 Å². The van der Waals surface area contributed by atoms with Gasteiger partial charge in [0.2, 0.25) is 11.8 Å². The van der Waals surface area contributed by atoms with Crippen LogP contribution in [0.1, 0.15) is 41.9 Å². The van der Waals surface area contributed by atoms with Crippen LogP contribution >= 0.6 is 0 Å². The second kappa shape index (κ2) is 8.99. The third-order valence-corrected chi connectivity index (χ3v) is 5.48. The van der Waals surface area contributed by atoms with Gasteiger partial charge in [0.15, 0.2) is 0 Å². The molecule has 0 saturated carbocycles. The van der Waals surface area contributed by atoms with Gasteiger partial charge in [-0.2, -0.15) is 0 Å². The summed E-state index contributed by atoms with van der Waals surface area (Å²) in [6.45, 7) is 1.83. The fourth-order valence-electron chi connectivity index (χ4n) is 3.91. The smallest absolute Gasteiger partial charge is 0.258 e. The minimum atomic E-state index is -0.533. The van der Waals surface area contributed by atoms with E-state index in [1.165, 1.54) is 0 Å². The molecule has 1 fully saturated rings. The largest absolute Gasteiger partial charge is 0.370 e. The van der Waals surface area contributed by atoms with Gasteiger partial charge in [-0.25, -0.2) is 4.98 Å². The number of primary amides is 1. The summed E-state index contributed by atoms with van der Waals surface area (Å²) in [5.74, 6) is -0.134. The molecule has 0 unspecified atom stereocenters. The number of hydrogen-bond donors (Lipinski definition) is 3. The highest BCUT2D eigenvalue weighted by atomic mass is 16.2. The Bertz CT molecular complexity index is 1180. The SMILES string of the molecule is NC(=O)c1ccc(N2CCCC2)c(NC(=O)CCCc2nc3ccccc3c(=O)[nH]2)c1. The molecule has 4 N–H and O–H groups in total. The van der Waals surface area contributed by atoms with E-state index in [-0.39, 0.29) is 17.9 Å². The Kier molecular flexibility index (Phi) is 5.97. The molecule has 3 aromatic rings. The first kappa shape index (κ1) is 20.6. The zero-order chi connectivity index (χ0) is 21.8. The lowest BCUT2D eigenvalue weighted by Crippen LogP contribution is -2.22. The number of rotatable bonds is 7. The first-order valence-corrected chi connectivity index (χ1v) is 10.5. The molecule has 1 aromatic heterocycles. The van der Waals surface area contributed by atoms with Crippen LogP contribution in [-0.2, 0) is 11.2 Å². The molecule has 2 amide bonds. The Labute approximate surface area is 179 Å². The molecule has 0 aliphatic carbocycles. The number of anilines is 2. The number of carbonyl (C=O) groups excluding carboxylic acids is 2. The van der Waals surface area contributed by atoms with Crippen molar-refractivity contribution in [1.82, 2.24) is 9.97 Å². The molecule has 1 saturated heterocycles. The highest BCUT2D eigenvalue weighted by molar-refractivity contribution is 5.99. The number of aromatic nitrogens is 2. The van der Waals surface area contributed by atoms with Gasteiger partial charge in [0.25, 0.3) is 5.56 Å². The van der Waals surface area contributed by atoms with Crippen molar-refractivity contribution < 1.29 is 9.59 Å². The number of para-hydroxylation sites is 1. The van der Waals surface area contributed by atoms with Gasteiger partial charge in [0.05, 0.1) is 22.3 Å². The van der Waals surface area contributed by atoms with Crippen LogP contribution < -0.4 is 21.5 Å². The Morgan fingerprint density at radius 3 is 2.68 bits per heavy atom. The quantitative estimate of drug-likeness (QED) is 0.543. The van der Waals surface area contributed by atoms with Gasteiger partial charge < -0.3 is 20.9 Å². The first-order chi connectivity index (χ1) is 15.0. The lowest BCUT2D eigenvalue weighted by Gasteiger charge is -2.22. The zero-order valence-corrected chi connectivity index (χ0v) is 17.2. The van der Waals surface area contributed by atoms with E-state index >= 15 is 0 Å². The topological polar surface area (TPSA) is 121 Å². The van der Waals surface area contributed by atoms with Crippen LogP contribution in [0.4, 0.5) is 11.4 Å². The first-order valence-electron chi connectivity index (χ1n) is 10.5. The Morgan fingerprint density at radius 2 is 1.90 bits per heavy atom. The van der Waals surface area contributed by atoms with E-state index < -0.39 is 5.91 Å². The van der Waals surface area contributed by atoms with Crippen molar-refractivity contribution in [2.75, 3.05) is 23.3 Å². The maximum absolute atomic E-state index is 12.6. The molecule has 0 bridgehead atoms. The third kappa shape index (κ3) is 4.74. The predicted molar refractivity (Wildman–Crippen MR) is 120 cm³/mol. The number of amides is 2. The summed E-state index contributed by atoms with van der Waals surface area (Å²) in [5, 5.41) is 3.48. The van der Waals surface area contributed by atoms with Gasteiger partial charge in [0, 0.05) is 31.5 Å². The van der Waals surface area contributed by atoms with E-state index in [4.69, 9.17) is 5.73 Å². The number of fused-ring (bicyclic) bond motifs is 1. The number of hydrogen-bond acceptors (Lipinski definition) is 5. The van der Waals surface area contributed by atoms with Crippen LogP contribution in [0, 0.1) is 0 Å². The molecular weight excluding hydrogens is 394 g/mol. The molecule has 160 valence electrons. The minimum Gasteiger partial charge on any atom is -0.370 e. The van der Waals surface area contributed by atoms with E-state index in [1.807, 2.05) is 12.1 Å². The zero-order valence-electron chi connectivity index (χ0n) is 17.2. The van der Waals surface area contributed by atoms with Gasteiger partial charge in [-0.3, -0.25) is 14.4 Å². The van der Waals surface area contributed by atoms with E-state index in [0.717, 1.165) is 31.6 Å². The summed E-state index contributed by atoms with van der Waals surface area (Å²) < 4.78 is 0. The molecule has 1 aliphatic heterocycles. The van der Waals surface area contributed by atoms with Crippen molar-refractivity contribution >= 4 is 34.1 Å². The molecular formula is C23H25N5O3. The minimum absolute atomic E-state index is 0.162. The standard InChI is InChI=1S/C23H25N5O3/c24-22(30)15-10-11-19(28-12-3-4-13-28)18(14-15)26-21(29)9-5-8-20-25-17-7-2-1-6-16(17)23(31)27-20/h1-2,6-7,10-11,14H,3-5,8-9,12-13H2,(H2,24,30)(H,26,29)(H,25,27,31). The molecule has 2 aromatic carbocycles. The van der Waals surface area contributed by atoms with Crippen LogP contribution in [0.2, 0.25) is 0 Å². The summed E-state index contributed by atoms with van der Waals surface area (Å²) in [5.41, 5.74) is 7.73. The molecule has 2 heterocycles. The number of aryl methyl sites for hydroxylation is 1. The fraction of sp³-hybridized carbons (Fsp3) is 0.304. The fourth-order valence-corrected chi connectivity index (χ4v) is 3.91. The number of nitrogens with zero attached hydrogens (tertiary/aromatic N) is 2. The number of H-pyrrole nitrogens is 1. The monoisotopic (exact) mass is 419 g/mol. The molecule has 0 radical (unpaired) electrons.